The van der Waals surface area contributed by atoms with Crippen molar-refractivity contribution in [2.24, 2.45) is 5.92 Å². The Morgan fingerprint density at radius 3 is 2.68 bits per heavy atom. The molecule has 0 unspecified atom stereocenters. The second-order valence-electron chi connectivity index (χ2n) is 6.88. The Labute approximate surface area is 154 Å². The summed E-state index contributed by atoms with van der Waals surface area (Å²) in [5.74, 6) is 0.489. The van der Waals surface area contributed by atoms with Crippen molar-refractivity contribution in [1.82, 2.24) is 0 Å². The fourth-order valence-electron chi connectivity index (χ4n) is 3.37. The maximum atomic E-state index is 12.5. The van der Waals surface area contributed by atoms with Gasteiger partial charge >= 0.3 is 0 Å². The van der Waals surface area contributed by atoms with Gasteiger partial charge in [-0.2, -0.15) is 0 Å². The van der Waals surface area contributed by atoms with E-state index in [4.69, 9.17) is 17.3 Å². The first-order valence-electron chi connectivity index (χ1n) is 8.66. The van der Waals surface area contributed by atoms with E-state index in [-0.39, 0.29) is 5.91 Å². The molecule has 1 saturated heterocycles. The number of carbonyl (C=O) groups is 1. The molecule has 1 fully saturated rings. The predicted molar refractivity (Wildman–Crippen MR) is 106 cm³/mol. The summed E-state index contributed by atoms with van der Waals surface area (Å²) in [6.45, 7) is 6.42. The lowest BCUT2D eigenvalue weighted by atomic mass is 9.98. The molecule has 4 nitrogen and oxygen atoms in total. The number of anilines is 3. The number of piperidine rings is 1. The minimum Gasteiger partial charge on any atom is -0.397 e. The summed E-state index contributed by atoms with van der Waals surface area (Å²) in [5, 5.41) is 3.53. The number of nitrogen functional groups attached to an aromatic ring is 1. The van der Waals surface area contributed by atoms with E-state index in [1.165, 1.54) is 12.8 Å². The van der Waals surface area contributed by atoms with E-state index in [9.17, 15) is 4.79 Å². The monoisotopic (exact) mass is 357 g/mol. The summed E-state index contributed by atoms with van der Waals surface area (Å²) in [7, 11) is 0. The molecule has 5 heteroatoms. The minimum atomic E-state index is -0.190. The van der Waals surface area contributed by atoms with Gasteiger partial charge < -0.3 is 16.0 Å². The van der Waals surface area contributed by atoms with Gasteiger partial charge in [-0.3, -0.25) is 4.79 Å². The fourth-order valence-corrected chi connectivity index (χ4v) is 3.50. The zero-order valence-electron chi connectivity index (χ0n) is 14.7. The van der Waals surface area contributed by atoms with Gasteiger partial charge in [-0.1, -0.05) is 18.5 Å². The van der Waals surface area contributed by atoms with Gasteiger partial charge in [-0.15, -0.1) is 0 Å². The van der Waals surface area contributed by atoms with Crippen molar-refractivity contribution in [3.63, 3.8) is 0 Å². The predicted octanol–water partition coefficient (Wildman–Crippen LogP) is 4.72. The molecule has 0 bridgehead atoms. The maximum Gasteiger partial charge on any atom is 0.255 e. The lowest BCUT2D eigenvalue weighted by Crippen LogP contribution is -2.34. The molecule has 3 N–H and O–H groups in total. The van der Waals surface area contributed by atoms with Crippen molar-refractivity contribution in [3.05, 3.63) is 52.5 Å². The largest absolute Gasteiger partial charge is 0.397 e. The number of halogens is 1. The number of aryl methyl sites for hydroxylation is 1. The number of benzene rings is 2. The van der Waals surface area contributed by atoms with Crippen molar-refractivity contribution < 1.29 is 4.79 Å². The summed E-state index contributed by atoms with van der Waals surface area (Å²) in [5.41, 5.74) is 10.2. The number of nitrogens with one attached hydrogen (secondary N) is 1. The van der Waals surface area contributed by atoms with Crippen molar-refractivity contribution in [3.8, 4) is 0 Å². The van der Waals surface area contributed by atoms with Crippen molar-refractivity contribution in [2.75, 3.05) is 29.0 Å². The standard InChI is InChI=1S/C20H24ClN3O/c1-13-4-3-9-24(12-13)19-11-18(17(22)10-14(19)2)23-20(25)15-5-7-16(21)8-6-15/h5-8,10-11,13H,3-4,9,12,22H2,1-2H3,(H,23,25)/t13-/m1/s1. The third kappa shape index (κ3) is 4.07. The lowest BCUT2D eigenvalue weighted by molar-refractivity contribution is 0.102. The molecule has 132 valence electrons. The molecule has 0 saturated carbocycles. The average Bonchev–Trinajstić information content (AvgIpc) is 2.57. The zero-order valence-corrected chi connectivity index (χ0v) is 15.4. The first kappa shape index (κ1) is 17.6. The summed E-state index contributed by atoms with van der Waals surface area (Å²) in [6.07, 6.45) is 2.46. The normalized spacial score (nSPS) is 17.4. The highest BCUT2D eigenvalue weighted by Crippen LogP contribution is 2.32. The fraction of sp³-hybridized carbons (Fsp3) is 0.350. The molecular formula is C20H24ClN3O. The summed E-state index contributed by atoms with van der Waals surface area (Å²) in [4.78, 5) is 14.9. The second kappa shape index (κ2) is 7.36. The van der Waals surface area contributed by atoms with Crippen LogP contribution in [-0.4, -0.2) is 19.0 Å². The highest BCUT2D eigenvalue weighted by atomic mass is 35.5. The van der Waals surface area contributed by atoms with Crippen LogP contribution in [0.25, 0.3) is 0 Å². The Kier molecular flexibility index (Phi) is 5.19. The van der Waals surface area contributed by atoms with Crippen LogP contribution in [0, 0.1) is 12.8 Å². The van der Waals surface area contributed by atoms with Crippen LogP contribution < -0.4 is 16.0 Å². The molecule has 0 radical (unpaired) electrons. The quantitative estimate of drug-likeness (QED) is 0.781. The Balaban J connectivity index is 1.84. The molecule has 1 aliphatic heterocycles. The SMILES string of the molecule is Cc1cc(N)c(NC(=O)c2ccc(Cl)cc2)cc1N1CCC[C@@H](C)C1. The van der Waals surface area contributed by atoms with Crippen molar-refractivity contribution >= 4 is 34.6 Å². The molecule has 2 aromatic carbocycles. The molecule has 1 heterocycles. The molecule has 1 aliphatic rings. The number of amides is 1. The van der Waals surface area contributed by atoms with Crippen LogP contribution in [0.3, 0.4) is 0 Å². The Hall–Kier alpha value is -2.20. The van der Waals surface area contributed by atoms with Crippen LogP contribution in [0.4, 0.5) is 17.1 Å². The molecule has 0 aromatic heterocycles. The summed E-state index contributed by atoms with van der Waals surface area (Å²) in [6, 6.07) is 10.7. The van der Waals surface area contributed by atoms with Crippen molar-refractivity contribution in [2.45, 2.75) is 26.7 Å². The van der Waals surface area contributed by atoms with Crippen LogP contribution in [0.15, 0.2) is 36.4 Å². The molecule has 0 aliphatic carbocycles. The number of nitrogens with two attached hydrogens (primary N) is 1. The number of rotatable bonds is 3. The Morgan fingerprint density at radius 2 is 2.00 bits per heavy atom. The van der Waals surface area contributed by atoms with Gasteiger partial charge in [-0.05, 0) is 67.6 Å². The van der Waals surface area contributed by atoms with E-state index in [1.807, 2.05) is 12.1 Å². The van der Waals surface area contributed by atoms with E-state index < -0.39 is 0 Å². The molecule has 1 atom stereocenters. The van der Waals surface area contributed by atoms with E-state index in [2.05, 4.69) is 24.1 Å². The zero-order chi connectivity index (χ0) is 18.0. The van der Waals surface area contributed by atoms with Crippen LogP contribution in [-0.2, 0) is 0 Å². The third-order valence-electron chi connectivity index (χ3n) is 4.72. The molecule has 1 amide bonds. The Bertz CT molecular complexity index is 773. The number of hydrogen-bond donors (Lipinski definition) is 2. The first-order chi connectivity index (χ1) is 11.9. The van der Waals surface area contributed by atoms with E-state index >= 15 is 0 Å². The smallest absolute Gasteiger partial charge is 0.255 e. The van der Waals surface area contributed by atoms with E-state index in [0.29, 0.717) is 27.9 Å². The van der Waals surface area contributed by atoms with Gasteiger partial charge in [-0.25, -0.2) is 0 Å². The van der Waals surface area contributed by atoms with E-state index in [0.717, 1.165) is 24.3 Å². The molecular weight excluding hydrogens is 334 g/mol. The van der Waals surface area contributed by atoms with Crippen LogP contribution in [0.1, 0.15) is 35.7 Å². The van der Waals surface area contributed by atoms with Crippen LogP contribution >= 0.6 is 11.6 Å². The van der Waals surface area contributed by atoms with Gasteiger partial charge in [0, 0.05) is 29.4 Å². The minimum absolute atomic E-state index is 0.190. The first-order valence-corrected chi connectivity index (χ1v) is 9.04. The number of hydrogen-bond acceptors (Lipinski definition) is 3. The van der Waals surface area contributed by atoms with E-state index in [1.54, 1.807) is 24.3 Å². The third-order valence-corrected chi connectivity index (χ3v) is 4.97. The van der Waals surface area contributed by atoms with Gasteiger partial charge in [0.2, 0.25) is 0 Å². The topological polar surface area (TPSA) is 58.4 Å². The lowest BCUT2D eigenvalue weighted by Gasteiger charge is -2.34. The van der Waals surface area contributed by atoms with Gasteiger partial charge in [0.25, 0.3) is 5.91 Å². The van der Waals surface area contributed by atoms with Gasteiger partial charge in [0.15, 0.2) is 0 Å². The maximum absolute atomic E-state index is 12.5. The number of carbonyl (C=O) groups excluding carboxylic acids is 1. The second-order valence-corrected chi connectivity index (χ2v) is 7.32. The van der Waals surface area contributed by atoms with Crippen LogP contribution in [0.2, 0.25) is 5.02 Å². The average molecular weight is 358 g/mol. The van der Waals surface area contributed by atoms with Gasteiger partial charge in [0.1, 0.15) is 0 Å². The molecule has 25 heavy (non-hydrogen) atoms. The van der Waals surface area contributed by atoms with Crippen LogP contribution in [0.5, 0.6) is 0 Å². The Morgan fingerprint density at radius 1 is 1.28 bits per heavy atom. The van der Waals surface area contributed by atoms with Gasteiger partial charge in [0.05, 0.1) is 11.4 Å². The summed E-state index contributed by atoms with van der Waals surface area (Å²) >= 11 is 5.88. The molecule has 2 aromatic rings. The molecule has 3 rings (SSSR count). The van der Waals surface area contributed by atoms with Crippen molar-refractivity contribution in [1.29, 1.82) is 0 Å². The highest BCUT2D eigenvalue weighted by molar-refractivity contribution is 6.30. The number of nitrogens with zero attached hydrogens (tertiary/aromatic N) is 1. The summed E-state index contributed by atoms with van der Waals surface area (Å²) < 4.78 is 0. The molecule has 0 spiro atoms. The highest BCUT2D eigenvalue weighted by Gasteiger charge is 2.19.